The molecule has 0 unspecified atom stereocenters. The van der Waals surface area contributed by atoms with Crippen LogP contribution in [-0.2, 0) is 53.2 Å². The summed E-state index contributed by atoms with van der Waals surface area (Å²) < 4.78 is 2.69. The van der Waals surface area contributed by atoms with Crippen LogP contribution in [0.4, 0.5) is 22.7 Å². The molecule has 0 radical (unpaired) electrons. The third-order valence-electron chi connectivity index (χ3n) is 15.6. The van der Waals surface area contributed by atoms with Crippen molar-refractivity contribution < 1.29 is 43.7 Å². The first-order valence-corrected chi connectivity index (χ1v) is 34.5. The number of rotatable bonds is 18. The summed E-state index contributed by atoms with van der Waals surface area (Å²) in [6.45, 7) is 32.6. The van der Waals surface area contributed by atoms with Gasteiger partial charge in [0.1, 0.15) is 11.5 Å². The fourth-order valence-corrected chi connectivity index (χ4v) is 13.9. The van der Waals surface area contributed by atoms with Gasteiger partial charge in [0.15, 0.2) is 0 Å². The van der Waals surface area contributed by atoms with Crippen LogP contribution in [-0.4, -0.2) is 74.4 Å². The molecule has 8 aromatic carbocycles. The number of nitrogens with zero attached hydrogens (tertiary/aromatic N) is 4. The Morgan fingerprint density at radius 3 is 0.989 bits per heavy atom. The molecular weight excluding hydrogens is 1150 g/mol. The summed E-state index contributed by atoms with van der Waals surface area (Å²) in [6, 6.07) is 57.8. The Hall–Kier alpha value is -6.64. The Bertz CT molecular complexity index is 3250. The van der Waals surface area contributed by atoms with E-state index in [4.69, 9.17) is 0 Å². The molecular formula is C78H100N4O4Zr. The van der Waals surface area contributed by atoms with Gasteiger partial charge in [-0.25, -0.2) is 0 Å². The molecule has 0 aliphatic carbocycles. The number of benzene rings is 8. The van der Waals surface area contributed by atoms with E-state index in [2.05, 4.69) is 242 Å². The van der Waals surface area contributed by atoms with Crippen LogP contribution in [0.2, 0.25) is 0 Å². The van der Waals surface area contributed by atoms with Gasteiger partial charge >= 0.3 is 103 Å². The topological polar surface area (TPSA) is 99.5 Å². The molecule has 0 amide bonds. The first-order chi connectivity index (χ1) is 40.9. The summed E-state index contributed by atoms with van der Waals surface area (Å²) in [6.07, 6.45) is 1.82. The van der Waals surface area contributed by atoms with Gasteiger partial charge in [-0.1, -0.05) is 180 Å². The fourth-order valence-electron chi connectivity index (χ4n) is 11.0. The first-order valence-electron chi connectivity index (χ1n) is 31.0. The average Bonchev–Trinajstić information content (AvgIpc) is 1.21. The minimum absolute atomic E-state index is 0.0644. The van der Waals surface area contributed by atoms with Crippen LogP contribution in [0.1, 0.15) is 140 Å². The number of phenolic OH excluding ortho intramolecular Hbond substituents is 2. The summed E-state index contributed by atoms with van der Waals surface area (Å²) in [5.41, 5.74) is 14.4. The van der Waals surface area contributed by atoms with Crippen molar-refractivity contribution in [3.8, 4) is 45.3 Å². The van der Waals surface area contributed by atoms with E-state index in [1.54, 1.807) is 0 Å². The van der Waals surface area contributed by atoms with Gasteiger partial charge in [-0.2, -0.15) is 0 Å². The van der Waals surface area contributed by atoms with Crippen molar-refractivity contribution in [2.24, 2.45) is 0 Å². The molecule has 0 saturated carbocycles. The Morgan fingerprint density at radius 1 is 0.356 bits per heavy atom. The Kier molecular flexibility index (Phi) is 24.4. The molecule has 0 heterocycles. The maximum absolute atomic E-state index is 13.7. The van der Waals surface area contributed by atoms with Crippen molar-refractivity contribution >= 4 is 22.7 Å². The van der Waals surface area contributed by atoms with Gasteiger partial charge < -0.3 is 40.0 Å². The maximum atomic E-state index is 13.7. The van der Waals surface area contributed by atoms with Gasteiger partial charge in [0.25, 0.3) is 0 Å². The number of aryl methyl sites for hydroxylation is 2. The van der Waals surface area contributed by atoms with Crippen molar-refractivity contribution in [2.75, 3.05) is 64.2 Å². The number of aromatic hydroxyl groups is 2. The van der Waals surface area contributed by atoms with E-state index in [9.17, 15) is 20.4 Å². The molecule has 0 fully saturated rings. The van der Waals surface area contributed by atoms with Gasteiger partial charge in [0, 0.05) is 46.7 Å². The van der Waals surface area contributed by atoms with Crippen LogP contribution in [0.25, 0.3) is 22.3 Å². The monoisotopic (exact) mass is 1250 g/mol. The molecule has 0 aliphatic rings. The molecule has 9 heteroatoms. The fraction of sp³-hybridized carbons (Fsp3) is 0.385. The molecule has 2 N–H and O–H groups in total. The Balaban J connectivity index is 0.000000225. The Morgan fingerprint density at radius 2 is 0.667 bits per heavy atom. The van der Waals surface area contributed by atoms with Crippen LogP contribution in [0.5, 0.6) is 23.0 Å². The van der Waals surface area contributed by atoms with E-state index >= 15 is 0 Å². The predicted octanol–water partition coefficient (Wildman–Crippen LogP) is 17.7. The van der Waals surface area contributed by atoms with Crippen LogP contribution in [0.3, 0.4) is 0 Å². The summed E-state index contributed by atoms with van der Waals surface area (Å²) in [4.78, 5) is 8.73. The summed E-state index contributed by atoms with van der Waals surface area (Å²) in [5.74, 6) is 0.737. The molecule has 0 aliphatic heterocycles. The van der Waals surface area contributed by atoms with Crippen molar-refractivity contribution in [3.63, 3.8) is 0 Å². The second-order valence-electron chi connectivity index (χ2n) is 28.0. The molecule has 0 bridgehead atoms. The summed E-state index contributed by atoms with van der Waals surface area (Å²) >= 11 is -0.258. The third-order valence-corrected chi connectivity index (χ3v) is 18.8. The second-order valence-corrected chi connectivity index (χ2v) is 30.9. The standard InChI is InChI=1S/2C32H44N2O2.2C7H7.Zr/c2*1-22-20-26(32(5,6)7)30(36)28(21-22)34(19-13-18-33(8)9)27-17-11-10-14-23(27)24-15-12-16-25(29(24)35)31(2,3)4;2*1-7-5-3-2-4-6-7;/h2*10-12,14-17,20-21,35-36H,13,18-19H2,1-9H3;2*2-6H,1H2;/q;;;;+2/p-2. The Labute approximate surface area is 536 Å². The second kappa shape index (κ2) is 30.5. The van der Waals surface area contributed by atoms with Crippen LogP contribution in [0, 0.1) is 13.8 Å². The number of hydrogen-bond acceptors (Lipinski definition) is 8. The van der Waals surface area contributed by atoms with Crippen LogP contribution >= 0.6 is 0 Å². The molecule has 0 spiro atoms. The third kappa shape index (κ3) is 19.2. The molecule has 87 heavy (non-hydrogen) atoms. The zero-order valence-electron chi connectivity index (χ0n) is 55.8. The van der Waals surface area contributed by atoms with Crippen molar-refractivity contribution in [1.82, 2.24) is 9.80 Å². The van der Waals surface area contributed by atoms with Crippen LogP contribution in [0.15, 0.2) is 170 Å². The van der Waals surface area contributed by atoms with E-state index < -0.39 is 0 Å². The van der Waals surface area contributed by atoms with E-state index in [0.29, 0.717) is 35.7 Å². The van der Waals surface area contributed by atoms with Gasteiger partial charge in [0.05, 0.1) is 11.4 Å². The van der Waals surface area contributed by atoms with Crippen molar-refractivity contribution in [3.05, 3.63) is 214 Å². The van der Waals surface area contributed by atoms with E-state index in [1.165, 1.54) is 19.4 Å². The first kappa shape index (κ1) is 69.5. The van der Waals surface area contributed by atoms with Gasteiger partial charge in [0.2, 0.25) is 0 Å². The normalized spacial score (nSPS) is 11.8. The minimum atomic E-state index is -0.258. The number of hydrogen-bond donors (Lipinski definition) is 2. The van der Waals surface area contributed by atoms with Gasteiger partial charge in [-0.15, -0.1) is 0 Å². The summed E-state index contributed by atoms with van der Waals surface area (Å²) in [5, 5.41) is 50.4. The zero-order valence-corrected chi connectivity index (χ0v) is 58.3. The molecule has 460 valence electrons. The van der Waals surface area contributed by atoms with E-state index in [0.717, 1.165) is 93.2 Å². The molecule has 8 aromatic rings. The molecule has 0 saturated heterocycles. The van der Waals surface area contributed by atoms with Crippen molar-refractivity contribution in [2.45, 2.75) is 140 Å². The van der Waals surface area contributed by atoms with E-state index in [1.807, 2.05) is 72.8 Å². The van der Waals surface area contributed by atoms with Crippen molar-refractivity contribution in [1.29, 1.82) is 0 Å². The number of phenols is 2. The predicted molar refractivity (Wildman–Crippen MR) is 364 cm³/mol. The number of para-hydroxylation sites is 4. The SMILES string of the molecule is Cc1cc(N(CCCN(C)C)c2ccccc2-c2cccc(C(C)(C)C)c2[O-])c(O)c(C(C)(C)C)c1.Cc1cc(N(CCCN(C)C)c2ccccc2-c2cccc(C(C)(C)C)c2[O-])c(O)c(C(C)(C)C)c1.c1ccc([CH2][Zr+2][CH2]c2ccccc2)cc1. The van der Waals surface area contributed by atoms with E-state index in [-0.39, 0.29) is 56.4 Å². The molecule has 0 aromatic heterocycles. The average molecular weight is 1250 g/mol. The molecule has 0 atom stereocenters. The quantitative estimate of drug-likeness (QED) is 0.0877. The number of anilines is 4. The van der Waals surface area contributed by atoms with Crippen LogP contribution < -0.4 is 20.0 Å². The molecule has 8 nitrogen and oxygen atoms in total. The summed E-state index contributed by atoms with van der Waals surface area (Å²) in [7, 11) is 8.29. The zero-order chi connectivity index (χ0) is 64.0. The molecule has 8 rings (SSSR count). The van der Waals surface area contributed by atoms with Gasteiger partial charge in [-0.3, -0.25) is 0 Å². The van der Waals surface area contributed by atoms with Gasteiger partial charge in [-0.05, 0) is 147 Å².